The number of aryl methyl sites for hydroxylation is 2. The predicted octanol–water partition coefficient (Wildman–Crippen LogP) is 2.88. The molecule has 1 aliphatic rings. The van der Waals surface area contributed by atoms with E-state index in [0.29, 0.717) is 5.41 Å². The zero-order valence-electron chi connectivity index (χ0n) is 14.0. The monoisotopic (exact) mass is 292 g/mol. The lowest BCUT2D eigenvalue weighted by molar-refractivity contribution is 0.276. The van der Waals surface area contributed by atoms with Crippen molar-refractivity contribution in [3.8, 4) is 0 Å². The van der Waals surface area contributed by atoms with Crippen LogP contribution in [0, 0.1) is 19.3 Å². The maximum absolute atomic E-state index is 5.21. The van der Waals surface area contributed by atoms with E-state index in [-0.39, 0.29) is 0 Å². The average Bonchev–Trinajstić information content (AvgIpc) is 3.06. The highest BCUT2D eigenvalue weighted by molar-refractivity contribution is 5.80. The summed E-state index contributed by atoms with van der Waals surface area (Å²) in [5, 5.41) is 7.46. The lowest BCUT2D eigenvalue weighted by Crippen LogP contribution is -2.41. The minimum absolute atomic E-state index is 0.459. The second kappa shape index (κ2) is 6.50. The summed E-state index contributed by atoms with van der Waals surface area (Å²) < 4.78 is 5.21. The van der Waals surface area contributed by atoms with Gasteiger partial charge in [-0.3, -0.25) is 4.99 Å². The highest BCUT2D eigenvalue weighted by Crippen LogP contribution is 2.36. The molecule has 1 aliphatic heterocycles. The first-order chi connectivity index (χ1) is 10.0. The molecule has 0 bridgehead atoms. The zero-order valence-corrected chi connectivity index (χ0v) is 14.0. The van der Waals surface area contributed by atoms with Crippen LogP contribution < -0.4 is 5.32 Å². The number of aliphatic imine (C=N–C) groups is 1. The van der Waals surface area contributed by atoms with Crippen molar-refractivity contribution in [2.45, 2.75) is 53.5 Å². The van der Waals surface area contributed by atoms with Crippen LogP contribution in [0.15, 0.2) is 9.52 Å². The second-order valence-corrected chi connectivity index (χ2v) is 6.08. The van der Waals surface area contributed by atoms with E-state index >= 15 is 0 Å². The van der Waals surface area contributed by atoms with Crippen molar-refractivity contribution < 1.29 is 4.52 Å². The minimum atomic E-state index is 0.459. The molecule has 21 heavy (non-hydrogen) atoms. The lowest BCUT2D eigenvalue weighted by atomic mass is 9.82. The molecule has 0 unspecified atom stereocenters. The largest absolute Gasteiger partial charge is 0.361 e. The molecule has 0 radical (unpaired) electrons. The standard InChI is InChI=1S/C16H28N4O/c1-6-16(7-2)8-9-20(11-16)15(17-5)18-10-14-12(3)19-21-13(14)4/h6-11H2,1-5H3,(H,17,18). The number of nitrogens with one attached hydrogen (secondary N) is 1. The Balaban J connectivity index is 1.99. The van der Waals surface area contributed by atoms with Gasteiger partial charge in [0.2, 0.25) is 0 Å². The number of likely N-dealkylation sites (tertiary alicyclic amines) is 1. The zero-order chi connectivity index (χ0) is 15.5. The Morgan fingerprint density at radius 3 is 2.57 bits per heavy atom. The van der Waals surface area contributed by atoms with Crippen LogP contribution in [0.3, 0.4) is 0 Å². The summed E-state index contributed by atoms with van der Waals surface area (Å²) in [4.78, 5) is 6.82. The third-order valence-electron chi connectivity index (χ3n) is 5.05. The van der Waals surface area contributed by atoms with Crippen molar-refractivity contribution in [1.82, 2.24) is 15.4 Å². The summed E-state index contributed by atoms with van der Waals surface area (Å²) >= 11 is 0. The van der Waals surface area contributed by atoms with Gasteiger partial charge in [-0.05, 0) is 38.5 Å². The molecule has 0 aromatic carbocycles. The fourth-order valence-electron chi connectivity index (χ4n) is 3.20. The summed E-state index contributed by atoms with van der Waals surface area (Å²) in [6.45, 7) is 11.4. The molecule has 1 aromatic rings. The molecule has 5 nitrogen and oxygen atoms in total. The number of guanidine groups is 1. The van der Waals surface area contributed by atoms with E-state index in [1.807, 2.05) is 20.9 Å². The van der Waals surface area contributed by atoms with Crippen LogP contribution in [0.25, 0.3) is 0 Å². The SMILES string of the molecule is CCC1(CC)CCN(C(=NC)NCc2c(C)noc2C)C1. The van der Waals surface area contributed by atoms with Gasteiger partial charge >= 0.3 is 0 Å². The van der Waals surface area contributed by atoms with Crippen LogP contribution in [-0.4, -0.2) is 36.2 Å². The molecule has 1 fully saturated rings. The van der Waals surface area contributed by atoms with Gasteiger partial charge in [-0.1, -0.05) is 19.0 Å². The number of rotatable bonds is 4. The molecule has 0 amide bonds. The topological polar surface area (TPSA) is 53.7 Å². The maximum Gasteiger partial charge on any atom is 0.193 e. The smallest absolute Gasteiger partial charge is 0.193 e. The fourth-order valence-corrected chi connectivity index (χ4v) is 3.20. The van der Waals surface area contributed by atoms with Crippen LogP contribution in [0.4, 0.5) is 0 Å². The first kappa shape index (κ1) is 15.9. The van der Waals surface area contributed by atoms with Gasteiger partial charge in [0, 0.05) is 32.2 Å². The van der Waals surface area contributed by atoms with Gasteiger partial charge in [0.1, 0.15) is 5.76 Å². The minimum Gasteiger partial charge on any atom is -0.361 e. The van der Waals surface area contributed by atoms with Gasteiger partial charge in [0.25, 0.3) is 0 Å². The summed E-state index contributed by atoms with van der Waals surface area (Å²) in [5.74, 6) is 1.87. The Labute approximate surface area is 127 Å². The van der Waals surface area contributed by atoms with Gasteiger partial charge in [-0.15, -0.1) is 0 Å². The predicted molar refractivity (Wildman–Crippen MR) is 85.4 cm³/mol. The maximum atomic E-state index is 5.21. The molecule has 0 aliphatic carbocycles. The summed E-state index contributed by atoms with van der Waals surface area (Å²) in [6, 6.07) is 0. The van der Waals surface area contributed by atoms with Crippen LogP contribution in [0.5, 0.6) is 0 Å². The van der Waals surface area contributed by atoms with E-state index in [1.54, 1.807) is 0 Å². The van der Waals surface area contributed by atoms with Crippen LogP contribution in [0.1, 0.15) is 50.1 Å². The van der Waals surface area contributed by atoms with E-state index in [0.717, 1.165) is 42.6 Å². The molecule has 118 valence electrons. The van der Waals surface area contributed by atoms with Gasteiger partial charge < -0.3 is 14.7 Å². The van der Waals surface area contributed by atoms with Crippen molar-refractivity contribution in [3.63, 3.8) is 0 Å². The lowest BCUT2D eigenvalue weighted by Gasteiger charge is -2.28. The van der Waals surface area contributed by atoms with Crippen molar-refractivity contribution in [2.24, 2.45) is 10.4 Å². The molecule has 0 atom stereocenters. The molecular weight excluding hydrogens is 264 g/mol. The molecular formula is C16H28N4O. The Bertz CT molecular complexity index is 483. The van der Waals surface area contributed by atoms with E-state index in [1.165, 1.54) is 19.3 Å². The van der Waals surface area contributed by atoms with Crippen molar-refractivity contribution in [2.75, 3.05) is 20.1 Å². The third kappa shape index (κ3) is 3.22. The highest BCUT2D eigenvalue weighted by atomic mass is 16.5. The Hall–Kier alpha value is -1.52. The normalized spacial score (nSPS) is 18.3. The molecule has 0 saturated carbocycles. The van der Waals surface area contributed by atoms with Gasteiger partial charge in [0.05, 0.1) is 5.69 Å². The fraction of sp³-hybridized carbons (Fsp3) is 0.750. The molecule has 1 saturated heterocycles. The molecule has 2 rings (SSSR count). The highest BCUT2D eigenvalue weighted by Gasteiger charge is 2.36. The number of nitrogens with zero attached hydrogens (tertiary/aromatic N) is 3. The van der Waals surface area contributed by atoms with Crippen LogP contribution >= 0.6 is 0 Å². The number of aromatic nitrogens is 1. The van der Waals surface area contributed by atoms with Crippen LogP contribution in [0.2, 0.25) is 0 Å². The number of hydrogen-bond donors (Lipinski definition) is 1. The molecule has 2 heterocycles. The second-order valence-electron chi connectivity index (χ2n) is 6.08. The van der Waals surface area contributed by atoms with Gasteiger partial charge in [-0.25, -0.2) is 0 Å². The van der Waals surface area contributed by atoms with E-state index < -0.39 is 0 Å². The van der Waals surface area contributed by atoms with E-state index in [2.05, 4.69) is 34.2 Å². The molecule has 1 N–H and O–H groups in total. The summed E-state index contributed by atoms with van der Waals surface area (Å²) in [7, 11) is 1.85. The Morgan fingerprint density at radius 1 is 1.38 bits per heavy atom. The first-order valence-corrected chi connectivity index (χ1v) is 7.92. The molecule has 5 heteroatoms. The van der Waals surface area contributed by atoms with Gasteiger partial charge in [0.15, 0.2) is 5.96 Å². The quantitative estimate of drug-likeness (QED) is 0.685. The van der Waals surface area contributed by atoms with Crippen molar-refractivity contribution >= 4 is 5.96 Å². The van der Waals surface area contributed by atoms with Crippen LogP contribution in [-0.2, 0) is 6.54 Å². The summed E-state index contributed by atoms with van der Waals surface area (Å²) in [6.07, 6.45) is 3.73. The van der Waals surface area contributed by atoms with Gasteiger partial charge in [-0.2, -0.15) is 0 Å². The average molecular weight is 292 g/mol. The Morgan fingerprint density at radius 2 is 2.10 bits per heavy atom. The van der Waals surface area contributed by atoms with Crippen molar-refractivity contribution in [3.05, 3.63) is 17.0 Å². The molecule has 0 spiro atoms. The van der Waals surface area contributed by atoms with Crippen molar-refractivity contribution in [1.29, 1.82) is 0 Å². The van der Waals surface area contributed by atoms with E-state index in [4.69, 9.17) is 4.52 Å². The first-order valence-electron chi connectivity index (χ1n) is 7.92. The third-order valence-corrected chi connectivity index (χ3v) is 5.05. The molecule has 1 aromatic heterocycles. The van der Waals surface area contributed by atoms with E-state index in [9.17, 15) is 0 Å². The number of hydrogen-bond acceptors (Lipinski definition) is 3. The Kier molecular flexibility index (Phi) is 4.91. The summed E-state index contributed by atoms with van der Waals surface area (Å²) in [5.41, 5.74) is 2.54.